The minimum Gasteiger partial charge on any atom is -0.493 e. The van der Waals surface area contributed by atoms with E-state index >= 15 is 0 Å². The van der Waals surface area contributed by atoms with Crippen molar-refractivity contribution in [1.82, 2.24) is 19.8 Å². The average Bonchev–Trinajstić information content (AvgIpc) is 3.57. The third-order valence-corrected chi connectivity index (χ3v) is 9.88. The third-order valence-electron chi connectivity index (χ3n) is 9.88. The molecule has 1 spiro atoms. The van der Waals surface area contributed by atoms with Gasteiger partial charge in [-0.1, -0.05) is 0 Å². The number of aryl methyl sites for hydroxylation is 1. The van der Waals surface area contributed by atoms with Gasteiger partial charge < -0.3 is 23.8 Å². The molecule has 5 heterocycles. The first-order chi connectivity index (χ1) is 21.9. The lowest BCUT2D eigenvalue weighted by Gasteiger charge is -2.62. The van der Waals surface area contributed by atoms with Gasteiger partial charge in [-0.15, -0.1) is 0 Å². The number of methoxy groups -OCH3 is 1. The highest BCUT2D eigenvalue weighted by Gasteiger charge is 2.54. The molecule has 10 heteroatoms. The molecule has 1 N–H and O–H groups in total. The monoisotopic (exact) mass is 609 g/mol. The summed E-state index contributed by atoms with van der Waals surface area (Å²) in [5, 5.41) is 1.45. The van der Waals surface area contributed by atoms with Crippen molar-refractivity contribution in [3.8, 4) is 17.2 Å². The summed E-state index contributed by atoms with van der Waals surface area (Å²) in [5.74, 6) is 2.14. The molecule has 232 valence electrons. The number of pyridine rings is 1. The summed E-state index contributed by atoms with van der Waals surface area (Å²) in [6.07, 6.45) is 6.03. The van der Waals surface area contributed by atoms with Gasteiger partial charge in [-0.25, -0.2) is 9.37 Å². The SMILES string of the molecule is COc1cc(CN2CCN(C3CC4(C3)CN(c3ccc(C=O)c(Oc5cnc6[nH]cc(F)c6c5)c3)C4)CC2)cc2cc(C)oc12. The predicted molar refractivity (Wildman–Crippen MR) is 170 cm³/mol. The number of rotatable bonds is 8. The molecule has 0 atom stereocenters. The Kier molecular flexibility index (Phi) is 6.80. The normalized spacial score (nSPS) is 18.8. The molecule has 0 bridgehead atoms. The minimum atomic E-state index is -0.390. The number of H-pyrrole nitrogens is 1. The number of piperazine rings is 1. The number of aromatic nitrogens is 2. The zero-order valence-corrected chi connectivity index (χ0v) is 25.5. The van der Waals surface area contributed by atoms with Crippen molar-refractivity contribution in [1.29, 1.82) is 0 Å². The predicted octanol–water partition coefficient (Wildman–Crippen LogP) is 6.16. The Morgan fingerprint density at radius 1 is 1.09 bits per heavy atom. The Hall–Kier alpha value is -4.41. The molecular formula is C35H36FN5O4. The molecule has 0 radical (unpaired) electrons. The van der Waals surface area contributed by atoms with E-state index in [2.05, 4.69) is 42.9 Å². The molecule has 3 aromatic heterocycles. The van der Waals surface area contributed by atoms with Crippen molar-refractivity contribution in [3.63, 3.8) is 0 Å². The van der Waals surface area contributed by atoms with Crippen LogP contribution in [0.25, 0.3) is 22.0 Å². The quantitative estimate of drug-likeness (QED) is 0.210. The fourth-order valence-corrected chi connectivity index (χ4v) is 7.54. The van der Waals surface area contributed by atoms with E-state index in [4.69, 9.17) is 13.9 Å². The third kappa shape index (κ3) is 5.11. The van der Waals surface area contributed by atoms with Crippen LogP contribution in [0.4, 0.5) is 10.1 Å². The Balaban J connectivity index is 0.850. The van der Waals surface area contributed by atoms with Crippen molar-refractivity contribution in [3.05, 3.63) is 77.6 Å². The van der Waals surface area contributed by atoms with E-state index < -0.39 is 5.82 Å². The number of benzene rings is 2. The number of ether oxygens (including phenoxy) is 2. The van der Waals surface area contributed by atoms with E-state index in [9.17, 15) is 9.18 Å². The van der Waals surface area contributed by atoms with Crippen molar-refractivity contribution in [2.24, 2.45) is 5.41 Å². The van der Waals surface area contributed by atoms with E-state index in [-0.39, 0.29) is 0 Å². The number of aromatic amines is 1. The molecule has 1 saturated carbocycles. The number of aldehydes is 1. The molecule has 5 aromatic rings. The fraction of sp³-hybridized carbons (Fsp3) is 0.371. The summed E-state index contributed by atoms with van der Waals surface area (Å²) in [7, 11) is 1.70. The molecule has 8 rings (SSSR count). The highest BCUT2D eigenvalue weighted by atomic mass is 19.1. The molecule has 0 amide bonds. The van der Waals surface area contributed by atoms with Gasteiger partial charge in [0, 0.05) is 80.6 Å². The number of halogens is 1. The summed E-state index contributed by atoms with van der Waals surface area (Å²) in [5.41, 5.74) is 4.37. The molecule has 0 unspecified atom stereocenters. The Morgan fingerprint density at radius 2 is 1.91 bits per heavy atom. The molecule has 3 fully saturated rings. The molecular weight excluding hydrogens is 573 g/mol. The van der Waals surface area contributed by atoms with Crippen molar-refractivity contribution < 1.29 is 23.1 Å². The topological polar surface area (TPSA) is 87.1 Å². The lowest BCUT2D eigenvalue weighted by molar-refractivity contribution is -0.0380. The maximum Gasteiger partial charge on any atom is 0.176 e. The Morgan fingerprint density at radius 3 is 2.69 bits per heavy atom. The van der Waals surface area contributed by atoms with Crippen LogP contribution in [-0.4, -0.2) is 78.5 Å². The fourth-order valence-electron chi connectivity index (χ4n) is 7.54. The second-order valence-electron chi connectivity index (χ2n) is 12.9. The van der Waals surface area contributed by atoms with Crippen LogP contribution in [0.2, 0.25) is 0 Å². The Bertz CT molecular complexity index is 1900. The molecule has 1 aliphatic carbocycles. The summed E-state index contributed by atoms with van der Waals surface area (Å²) < 4.78 is 31.5. The number of nitrogens with zero attached hydrogens (tertiary/aromatic N) is 4. The lowest BCUT2D eigenvalue weighted by atomic mass is 9.60. The minimum absolute atomic E-state index is 0.352. The molecule has 9 nitrogen and oxygen atoms in total. The number of hydrogen-bond acceptors (Lipinski definition) is 8. The van der Waals surface area contributed by atoms with Crippen LogP contribution in [0.5, 0.6) is 17.2 Å². The number of anilines is 1. The maximum atomic E-state index is 14.1. The summed E-state index contributed by atoms with van der Waals surface area (Å²) in [4.78, 5) is 26.3. The van der Waals surface area contributed by atoms with Crippen molar-refractivity contribution in [2.45, 2.75) is 32.4 Å². The number of carbonyl (C=O) groups is 1. The number of carbonyl (C=O) groups excluding carboxylic acids is 1. The lowest BCUT2D eigenvalue weighted by Crippen LogP contribution is -2.68. The van der Waals surface area contributed by atoms with Crippen LogP contribution in [0.15, 0.2) is 59.3 Å². The zero-order chi connectivity index (χ0) is 30.7. The van der Waals surface area contributed by atoms with Crippen LogP contribution in [0.3, 0.4) is 0 Å². The van der Waals surface area contributed by atoms with E-state index in [1.807, 2.05) is 19.1 Å². The summed E-state index contributed by atoms with van der Waals surface area (Å²) in [6, 6.07) is 14.3. The summed E-state index contributed by atoms with van der Waals surface area (Å²) >= 11 is 0. The second-order valence-corrected chi connectivity index (χ2v) is 12.9. The Labute approximate surface area is 260 Å². The number of hydrogen-bond donors (Lipinski definition) is 1. The van der Waals surface area contributed by atoms with Gasteiger partial charge in [-0.2, -0.15) is 0 Å². The van der Waals surface area contributed by atoms with Gasteiger partial charge >= 0.3 is 0 Å². The highest BCUT2D eigenvalue weighted by molar-refractivity contribution is 5.85. The van der Waals surface area contributed by atoms with Crippen molar-refractivity contribution >= 4 is 34.0 Å². The molecule has 45 heavy (non-hydrogen) atoms. The first kappa shape index (κ1) is 28.1. The molecule has 2 saturated heterocycles. The number of furan rings is 1. The number of nitrogens with one attached hydrogen (secondary N) is 1. The first-order valence-corrected chi connectivity index (χ1v) is 15.6. The van der Waals surface area contributed by atoms with Gasteiger partial charge in [0.25, 0.3) is 0 Å². The number of fused-ring (bicyclic) bond motifs is 2. The van der Waals surface area contributed by atoms with Crippen LogP contribution in [-0.2, 0) is 6.54 Å². The molecule has 3 aliphatic rings. The van der Waals surface area contributed by atoms with Gasteiger partial charge in [0.2, 0.25) is 0 Å². The maximum absolute atomic E-state index is 14.1. The van der Waals surface area contributed by atoms with E-state index in [1.165, 1.54) is 30.8 Å². The smallest absolute Gasteiger partial charge is 0.176 e. The zero-order valence-electron chi connectivity index (χ0n) is 25.5. The van der Waals surface area contributed by atoms with E-state index in [0.29, 0.717) is 39.6 Å². The van der Waals surface area contributed by atoms with E-state index in [0.717, 1.165) is 80.3 Å². The molecule has 2 aliphatic heterocycles. The van der Waals surface area contributed by atoms with E-state index in [1.54, 1.807) is 19.2 Å². The first-order valence-electron chi connectivity index (χ1n) is 15.6. The van der Waals surface area contributed by atoms with Gasteiger partial charge in [-0.3, -0.25) is 14.6 Å². The highest BCUT2D eigenvalue weighted by Crippen LogP contribution is 2.52. The standard InChI is InChI=1S/C35H36FN5O4/c1-22-9-25-10-23(11-32(43-2)33(25)44-22)18-39-5-7-40(8-6-39)27-14-35(15-27)20-41(21-35)26-4-3-24(19-42)31(12-26)45-28-13-29-30(36)17-38-34(29)37-16-28/h3-4,9-13,16-17,19,27H,5-8,14-15,18,20-21H2,1-2H3,(H,37,38). The average molecular weight is 610 g/mol. The summed E-state index contributed by atoms with van der Waals surface area (Å²) in [6.45, 7) is 9.20. The van der Waals surface area contributed by atoms with Gasteiger partial charge in [0.1, 0.15) is 28.7 Å². The second kappa shape index (κ2) is 10.9. The van der Waals surface area contributed by atoms with Crippen LogP contribution < -0.4 is 14.4 Å². The van der Waals surface area contributed by atoms with Crippen LogP contribution in [0, 0.1) is 18.2 Å². The molecule has 2 aromatic carbocycles. The van der Waals surface area contributed by atoms with Gasteiger partial charge in [0.05, 0.1) is 24.3 Å². The van der Waals surface area contributed by atoms with Crippen LogP contribution >= 0.6 is 0 Å². The largest absolute Gasteiger partial charge is 0.493 e. The van der Waals surface area contributed by atoms with Crippen molar-refractivity contribution in [2.75, 3.05) is 51.3 Å². The van der Waals surface area contributed by atoms with Gasteiger partial charge in [0.15, 0.2) is 17.6 Å². The van der Waals surface area contributed by atoms with Crippen LogP contribution in [0.1, 0.15) is 34.5 Å². The van der Waals surface area contributed by atoms with Gasteiger partial charge in [-0.05, 0) is 61.7 Å².